The monoisotopic (exact) mass is 409 g/mol. The molecule has 1 amide bonds. The van der Waals surface area contributed by atoms with Crippen molar-refractivity contribution in [1.82, 2.24) is 10.2 Å². The van der Waals surface area contributed by atoms with Crippen molar-refractivity contribution in [2.45, 2.75) is 13.0 Å². The number of carbonyl (C=O) groups is 1. The molecule has 0 saturated heterocycles. The van der Waals surface area contributed by atoms with Crippen LogP contribution in [0.3, 0.4) is 0 Å². The molecule has 8 heteroatoms. The predicted octanol–water partition coefficient (Wildman–Crippen LogP) is 4.44. The van der Waals surface area contributed by atoms with Crippen LogP contribution >= 0.6 is 38.6 Å². The van der Waals surface area contributed by atoms with Gasteiger partial charge >= 0.3 is 0 Å². The number of nitrogens with zero attached hydrogens (tertiary/aromatic N) is 2. The van der Waals surface area contributed by atoms with Gasteiger partial charge in [0.05, 0.1) is 4.88 Å². The number of hydrogen-bond donors (Lipinski definition) is 1. The highest BCUT2D eigenvalue weighted by atomic mass is 79.9. The minimum Gasteiger partial charge on any atom is -0.481 e. The Kier molecular flexibility index (Phi) is 5.04. The lowest BCUT2D eigenvalue weighted by Crippen LogP contribution is -2.30. The van der Waals surface area contributed by atoms with Crippen molar-refractivity contribution in [3.63, 3.8) is 0 Å². The van der Waals surface area contributed by atoms with Gasteiger partial charge in [-0.1, -0.05) is 33.3 Å². The van der Waals surface area contributed by atoms with Gasteiger partial charge in [0.25, 0.3) is 5.91 Å². The van der Waals surface area contributed by atoms with E-state index in [1.165, 1.54) is 11.3 Å². The summed E-state index contributed by atoms with van der Waals surface area (Å²) in [4.78, 5) is 13.2. The molecule has 0 aliphatic rings. The van der Waals surface area contributed by atoms with E-state index in [-0.39, 0.29) is 5.91 Å². The average Bonchev–Trinajstić information content (AvgIpc) is 3.20. The fraction of sp³-hybridized carbons (Fsp3) is 0.133. The van der Waals surface area contributed by atoms with Gasteiger partial charge < -0.3 is 4.74 Å². The molecule has 0 aliphatic carbocycles. The molecule has 0 spiro atoms. The van der Waals surface area contributed by atoms with Crippen LogP contribution in [-0.2, 0) is 4.79 Å². The van der Waals surface area contributed by atoms with Crippen LogP contribution in [0.4, 0.5) is 5.13 Å². The summed E-state index contributed by atoms with van der Waals surface area (Å²) in [6.07, 6.45) is -0.634. The van der Waals surface area contributed by atoms with Gasteiger partial charge in [0.2, 0.25) is 5.13 Å². The summed E-state index contributed by atoms with van der Waals surface area (Å²) in [7, 11) is 0. The molecule has 1 N–H and O–H groups in total. The highest BCUT2D eigenvalue weighted by Crippen LogP contribution is 2.29. The number of rotatable bonds is 5. The lowest BCUT2D eigenvalue weighted by molar-refractivity contribution is -0.122. The molecule has 2 aromatic heterocycles. The smallest absolute Gasteiger partial charge is 0.266 e. The first kappa shape index (κ1) is 16.1. The van der Waals surface area contributed by atoms with E-state index in [2.05, 4.69) is 31.4 Å². The Labute approximate surface area is 149 Å². The Bertz CT molecular complexity index is 787. The predicted molar refractivity (Wildman–Crippen MR) is 96.1 cm³/mol. The van der Waals surface area contributed by atoms with Gasteiger partial charge in [-0.25, -0.2) is 0 Å². The number of carbonyl (C=O) groups excluding carboxylic acids is 1. The van der Waals surface area contributed by atoms with E-state index in [1.807, 2.05) is 29.6 Å². The van der Waals surface area contributed by atoms with Crippen LogP contribution in [0, 0.1) is 0 Å². The molecule has 3 aromatic rings. The molecule has 1 unspecified atom stereocenters. The fourth-order valence-corrected chi connectivity index (χ4v) is 3.55. The molecule has 118 valence electrons. The number of ether oxygens (including phenoxy) is 1. The van der Waals surface area contributed by atoms with Gasteiger partial charge in [-0.3, -0.25) is 10.1 Å². The zero-order valence-corrected chi connectivity index (χ0v) is 15.2. The molecular formula is C15H12BrN3O2S2. The second-order valence-electron chi connectivity index (χ2n) is 4.59. The minimum absolute atomic E-state index is 0.262. The molecule has 0 radical (unpaired) electrons. The number of amides is 1. The van der Waals surface area contributed by atoms with Gasteiger partial charge in [-0.15, -0.1) is 21.5 Å². The second kappa shape index (κ2) is 7.20. The van der Waals surface area contributed by atoms with Gasteiger partial charge in [0, 0.05) is 4.47 Å². The lowest BCUT2D eigenvalue weighted by Gasteiger charge is -2.13. The second-order valence-corrected chi connectivity index (χ2v) is 7.43. The van der Waals surface area contributed by atoms with Crippen molar-refractivity contribution in [3.05, 3.63) is 46.3 Å². The molecular weight excluding hydrogens is 398 g/mol. The summed E-state index contributed by atoms with van der Waals surface area (Å²) in [6.45, 7) is 1.69. The van der Waals surface area contributed by atoms with E-state index >= 15 is 0 Å². The third kappa shape index (κ3) is 4.15. The average molecular weight is 410 g/mol. The third-order valence-corrected chi connectivity index (χ3v) is 5.29. The fourth-order valence-electron chi connectivity index (χ4n) is 1.75. The summed E-state index contributed by atoms with van der Waals surface area (Å²) in [5.74, 6) is 0.370. The number of anilines is 1. The number of aromatic nitrogens is 2. The highest BCUT2D eigenvalue weighted by molar-refractivity contribution is 9.10. The number of benzene rings is 1. The quantitative estimate of drug-likeness (QED) is 0.676. The van der Waals surface area contributed by atoms with Crippen LogP contribution in [0.1, 0.15) is 6.92 Å². The van der Waals surface area contributed by atoms with Gasteiger partial charge in [-0.05, 0) is 42.6 Å². The lowest BCUT2D eigenvalue weighted by atomic mass is 10.3. The van der Waals surface area contributed by atoms with Crippen molar-refractivity contribution in [3.8, 4) is 15.6 Å². The molecule has 1 aromatic carbocycles. The Morgan fingerprint density at radius 3 is 2.74 bits per heavy atom. The Morgan fingerprint density at radius 1 is 1.26 bits per heavy atom. The van der Waals surface area contributed by atoms with E-state index in [1.54, 1.807) is 30.4 Å². The minimum atomic E-state index is -0.634. The summed E-state index contributed by atoms with van der Waals surface area (Å²) < 4.78 is 6.56. The Balaban J connectivity index is 1.61. The normalized spacial score (nSPS) is 11.9. The summed E-state index contributed by atoms with van der Waals surface area (Å²) in [5, 5.41) is 14.0. The Hall–Kier alpha value is -1.77. The van der Waals surface area contributed by atoms with Crippen LogP contribution in [0.2, 0.25) is 0 Å². The van der Waals surface area contributed by atoms with Crippen molar-refractivity contribution in [1.29, 1.82) is 0 Å². The van der Waals surface area contributed by atoms with Crippen molar-refractivity contribution < 1.29 is 9.53 Å². The molecule has 1 atom stereocenters. The topological polar surface area (TPSA) is 64.1 Å². The summed E-state index contributed by atoms with van der Waals surface area (Å²) >= 11 is 6.28. The maximum absolute atomic E-state index is 12.2. The van der Waals surface area contributed by atoms with E-state index < -0.39 is 6.10 Å². The number of nitrogens with one attached hydrogen (secondary N) is 1. The zero-order valence-electron chi connectivity index (χ0n) is 12.0. The molecule has 0 saturated carbocycles. The van der Waals surface area contributed by atoms with E-state index in [9.17, 15) is 4.79 Å². The Morgan fingerprint density at radius 2 is 2.04 bits per heavy atom. The molecule has 2 heterocycles. The van der Waals surface area contributed by atoms with E-state index in [4.69, 9.17) is 4.74 Å². The van der Waals surface area contributed by atoms with Crippen LogP contribution in [0.25, 0.3) is 9.88 Å². The summed E-state index contributed by atoms with van der Waals surface area (Å²) in [6, 6.07) is 11.2. The van der Waals surface area contributed by atoms with E-state index in [0.29, 0.717) is 10.9 Å². The first-order valence-corrected chi connectivity index (χ1v) is 9.21. The van der Waals surface area contributed by atoms with Crippen molar-refractivity contribution in [2.75, 3.05) is 5.32 Å². The molecule has 5 nitrogen and oxygen atoms in total. The van der Waals surface area contributed by atoms with Crippen LogP contribution in [0.5, 0.6) is 5.75 Å². The number of hydrogen-bond acceptors (Lipinski definition) is 6. The molecule has 3 rings (SSSR count). The van der Waals surface area contributed by atoms with Gasteiger partial charge in [0.15, 0.2) is 11.1 Å². The van der Waals surface area contributed by atoms with Crippen LogP contribution in [-0.4, -0.2) is 22.2 Å². The SMILES string of the molecule is CC(Oc1ccc(Br)cc1)C(=O)Nc1nnc(-c2cccs2)s1. The molecule has 0 fully saturated rings. The highest BCUT2D eigenvalue weighted by Gasteiger charge is 2.17. The van der Waals surface area contributed by atoms with Gasteiger partial charge in [0.1, 0.15) is 5.75 Å². The van der Waals surface area contributed by atoms with Crippen LogP contribution < -0.4 is 10.1 Å². The maximum atomic E-state index is 12.2. The van der Waals surface area contributed by atoms with Gasteiger partial charge in [-0.2, -0.15) is 0 Å². The molecule has 0 bridgehead atoms. The summed E-state index contributed by atoms with van der Waals surface area (Å²) in [5.41, 5.74) is 0. The first-order chi connectivity index (χ1) is 11.1. The molecule has 0 aliphatic heterocycles. The standard InChI is InChI=1S/C15H12BrN3O2S2/c1-9(21-11-6-4-10(16)5-7-11)13(20)17-15-19-18-14(23-15)12-3-2-8-22-12/h2-9H,1H3,(H,17,19,20). The molecule has 23 heavy (non-hydrogen) atoms. The van der Waals surface area contributed by atoms with Crippen molar-refractivity contribution in [2.24, 2.45) is 0 Å². The third-order valence-electron chi connectivity index (χ3n) is 2.88. The van der Waals surface area contributed by atoms with Crippen LogP contribution in [0.15, 0.2) is 46.3 Å². The number of thiophene rings is 1. The van der Waals surface area contributed by atoms with E-state index in [0.717, 1.165) is 14.4 Å². The first-order valence-electron chi connectivity index (χ1n) is 6.72. The maximum Gasteiger partial charge on any atom is 0.266 e. The largest absolute Gasteiger partial charge is 0.481 e. The zero-order chi connectivity index (χ0) is 16.2. The number of halogens is 1. The van der Waals surface area contributed by atoms with Crippen molar-refractivity contribution >= 4 is 49.6 Å².